The molecule has 0 aromatic heterocycles. The number of rotatable bonds is 5. The molecular formula is C24H38N2O7Si. The first kappa shape index (κ1) is 26.2. The minimum atomic E-state index is -2.38. The van der Waals surface area contributed by atoms with Gasteiger partial charge in [0.05, 0.1) is 30.1 Å². The van der Waals surface area contributed by atoms with Gasteiger partial charge in [-0.15, -0.1) is 0 Å². The number of esters is 1. The SMILES string of the molecule is CCOC(=O)[C@]1(NC(=O)OC(C)(C)C)[C@@H]2C=C(O[Si](C)(C)C(C)(C)C)[C@H]1[C@H]1C(=O)N(C)C(=O)[C@H]12. The highest BCUT2D eigenvalue weighted by Crippen LogP contribution is 2.62. The van der Waals surface area contributed by atoms with Crippen molar-refractivity contribution in [1.29, 1.82) is 0 Å². The third kappa shape index (κ3) is 3.93. The van der Waals surface area contributed by atoms with Crippen LogP contribution in [0.4, 0.5) is 4.79 Å². The molecule has 3 rings (SSSR count). The fourth-order valence-corrected chi connectivity index (χ4v) is 6.11. The molecular weight excluding hydrogens is 456 g/mol. The average molecular weight is 495 g/mol. The second-order valence-corrected chi connectivity index (χ2v) is 16.7. The summed E-state index contributed by atoms with van der Waals surface area (Å²) < 4.78 is 17.5. The molecule has 10 heteroatoms. The number of fused-ring (bicyclic) bond motifs is 5. The standard InChI is InChI=1S/C24H38N2O7Si/c1-11-31-20(29)24(25-21(30)32-22(2,3)4)13-12-14(33-34(9,10)23(5,6)7)17(24)16-15(13)18(27)26(8)19(16)28/h12-13,15-17H,11H2,1-10H3,(H,25,30)/t13-,15+,16+,17+,24+/m1/s1. The Labute approximate surface area is 202 Å². The molecule has 34 heavy (non-hydrogen) atoms. The van der Waals surface area contributed by atoms with Gasteiger partial charge >= 0.3 is 12.1 Å². The van der Waals surface area contributed by atoms with Crippen LogP contribution in [0.2, 0.25) is 18.1 Å². The maximum absolute atomic E-state index is 13.6. The van der Waals surface area contributed by atoms with E-state index >= 15 is 0 Å². The molecule has 1 N–H and O–H groups in total. The summed E-state index contributed by atoms with van der Waals surface area (Å²) in [6.45, 7) is 17.3. The number of carbonyl (C=O) groups excluding carboxylic acids is 4. The quantitative estimate of drug-likeness (QED) is 0.355. The third-order valence-corrected chi connectivity index (χ3v) is 11.9. The van der Waals surface area contributed by atoms with Gasteiger partial charge in [-0.1, -0.05) is 20.8 Å². The zero-order chi connectivity index (χ0) is 26.0. The van der Waals surface area contributed by atoms with Gasteiger partial charge in [-0.25, -0.2) is 9.59 Å². The predicted molar refractivity (Wildman–Crippen MR) is 127 cm³/mol. The van der Waals surface area contributed by atoms with Crippen LogP contribution >= 0.6 is 0 Å². The molecule has 0 radical (unpaired) electrons. The van der Waals surface area contributed by atoms with Crippen molar-refractivity contribution in [2.24, 2.45) is 23.7 Å². The van der Waals surface area contributed by atoms with E-state index in [1.165, 1.54) is 7.05 Å². The molecule has 0 aromatic rings. The van der Waals surface area contributed by atoms with Gasteiger partial charge in [-0.05, 0) is 51.9 Å². The molecule has 1 heterocycles. The summed E-state index contributed by atoms with van der Waals surface area (Å²) in [6.07, 6.45) is 0.941. The predicted octanol–water partition coefficient (Wildman–Crippen LogP) is 3.21. The lowest BCUT2D eigenvalue weighted by molar-refractivity contribution is -0.154. The van der Waals surface area contributed by atoms with Crippen LogP contribution in [-0.4, -0.2) is 61.9 Å². The van der Waals surface area contributed by atoms with Crippen molar-refractivity contribution in [1.82, 2.24) is 10.2 Å². The number of amides is 3. The first-order valence-electron chi connectivity index (χ1n) is 11.8. The molecule has 2 fully saturated rings. The van der Waals surface area contributed by atoms with Crippen molar-refractivity contribution < 1.29 is 33.1 Å². The fourth-order valence-electron chi connectivity index (χ4n) is 5.02. The molecule has 9 nitrogen and oxygen atoms in total. The van der Waals surface area contributed by atoms with Crippen LogP contribution in [0.1, 0.15) is 48.5 Å². The number of imide groups is 1. The fraction of sp³-hybridized carbons (Fsp3) is 0.750. The van der Waals surface area contributed by atoms with Crippen LogP contribution in [0, 0.1) is 23.7 Å². The maximum Gasteiger partial charge on any atom is 0.408 e. The molecule has 2 aliphatic carbocycles. The average Bonchev–Trinajstić information content (AvgIpc) is 3.18. The Hall–Kier alpha value is -2.36. The molecule has 2 bridgehead atoms. The molecule has 0 aromatic carbocycles. The van der Waals surface area contributed by atoms with Crippen LogP contribution in [-0.2, 0) is 28.3 Å². The number of hydrogen-bond donors (Lipinski definition) is 1. The summed E-state index contributed by atoms with van der Waals surface area (Å²) in [5.41, 5.74) is -2.48. The lowest BCUT2D eigenvalue weighted by atomic mass is 9.82. The van der Waals surface area contributed by atoms with Gasteiger partial charge in [0.2, 0.25) is 20.1 Å². The van der Waals surface area contributed by atoms with Crippen molar-refractivity contribution in [3.8, 4) is 0 Å². The van der Waals surface area contributed by atoms with Gasteiger partial charge in [0, 0.05) is 13.0 Å². The van der Waals surface area contributed by atoms with E-state index in [9.17, 15) is 19.2 Å². The smallest absolute Gasteiger partial charge is 0.408 e. The van der Waals surface area contributed by atoms with E-state index in [1.54, 1.807) is 33.8 Å². The van der Waals surface area contributed by atoms with E-state index in [0.717, 1.165) is 4.90 Å². The first-order chi connectivity index (χ1) is 15.4. The van der Waals surface area contributed by atoms with Gasteiger partial charge in [-0.3, -0.25) is 14.5 Å². The molecule has 1 aliphatic heterocycles. The number of nitrogens with one attached hydrogen (secondary N) is 1. The lowest BCUT2D eigenvalue weighted by Crippen LogP contribution is -2.62. The van der Waals surface area contributed by atoms with E-state index in [-0.39, 0.29) is 23.5 Å². The highest BCUT2D eigenvalue weighted by Gasteiger charge is 2.76. The van der Waals surface area contributed by atoms with Gasteiger partial charge in [-0.2, -0.15) is 0 Å². The largest absolute Gasteiger partial charge is 0.546 e. The van der Waals surface area contributed by atoms with Crippen molar-refractivity contribution in [2.75, 3.05) is 13.7 Å². The number of alkyl carbamates (subject to hydrolysis) is 1. The van der Waals surface area contributed by atoms with Crippen molar-refractivity contribution in [2.45, 2.75) is 77.7 Å². The number of ether oxygens (including phenoxy) is 2. The van der Waals surface area contributed by atoms with E-state index in [0.29, 0.717) is 5.76 Å². The second-order valence-electron chi connectivity index (χ2n) is 11.9. The topological polar surface area (TPSA) is 111 Å². The third-order valence-electron chi connectivity index (χ3n) is 7.53. The molecule has 1 saturated heterocycles. The lowest BCUT2D eigenvalue weighted by Gasteiger charge is -2.40. The van der Waals surface area contributed by atoms with Crippen LogP contribution < -0.4 is 5.32 Å². The molecule has 3 amide bonds. The van der Waals surface area contributed by atoms with Gasteiger partial charge in [0.1, 0.15) is 5.60 Å². The zero-order valence-corrected chi connectivity index (χ0v) is 22.9. The van der Waals surface area contributed by atoms with Gasteiger partial charge in [0.15, 0.2) is 5.54 Å². The van der Waals surface area contributed by atoms with Crippen LogP contribution in [0.5, 0.6) is 0 Å². The summed E-state index contributed by atoms with van der Waals surface area (Å²) in [7, 11) is -0.927. The number of likely N-dealkylation sites (tertiary alicyclic amines) is 1. The van der Waals surface area contributed by atoms with Crippen LogP contribution in [0.15, 0.2) is 11.8 Å². The molecule has 0 spiro atoms. The van der Waals surface area contributed by atoms with E-state index in [2.05, 4.69) is 39.2 Å². The monoisotopic (exact) mass is 494 g/mol. The Balaban J connectivity index is 2.14. The Morgan fingerprint density at radius 2 is 1.65 bits per heavy atom. The summed E-state index contributed by atoms with van der Waals surface area (Å²) in [5.74, 6) is -4.26. The van der Waals surface area contributed by atoms with Crippen molar-refractivity contribution in [3.63, 3.8) is 0 Å². The second kappa shape index (κ2) is 8.10. The van der Waals surface area contributed by atoms with Gasteiger partial charge < -0.3 is 19.2 Å². The summed E-state index contributed by atoms with van der Waals surface area (Å²) in [4.78, 5) is 53.9. The number of nitrogens with zero attached hydrogens (tertiary/aromatic N) is 1. The Bertz CT molecular complexity index is 946. The van der Waals surface area contributed by atoms with Gasteiger partial charge in [0.25, 0.3) is 0 Å². The Morgan fingerprint density at radius 3 is 2.15 bits per heavy atom. The van der Waals surface area contributed by atoms with Crippen LogP contribution in [0.25, 0.3) is 0 Å². The zero-order valence-electron chi connectivity index (χ0n) is 21.9. The van der Waals surface area contributed by atoms with E-state index in [1.807, 2.05) is 0 Å². The molecule has 190 valence electrons. The highest BCUT2D eigenvalue weighted by atomic mass is 28.4. The number of carbonyl (C=O) groups is 4. The van der Waals surface area contributed by atoms with Crippen molar-refractivity contribution >= 4 is 32.2 Å². The summed E-state index contributed by atoms with van der Waals surface area (Å²) >= 11 is 0. The molecule has 1 saturated carbocycles. The van der Waals surface area contributed by atoms with Crippen molar-refractivity contribution in [3.05, 3.63) is 11.8 Å². The minimum absolute atomic E-state index is 0.0750. The molecule has 5 atom stereocenters. The Kier molecular flexibility index (Phi) is 6.25. The highest BCUT2D eigenvalue weighted by molar-refractivity contribution is 6.74. The van der Waals surface area contributed by atoms with E-state index < -0.39 is 55.2 Å². The number of hydrogen-bond acceptors (Lipinski definition) is 7. The van der Waals surface area contributed by atoms with Crippen LogP contribution in [0.3, 0.4) is 0 Å². The molecule has 0 unspecified atom stereocenters. The Morgan fingerprint density at radius 1 is 1.09 bits per heavy atom. The first-order valence-corrected chi connectivity index (χ1v) is 14.7. The summed E-state index contributed by atoms with van der Waals surface area (Å²) in [6, 6.07) is 0. The summed E-state index contributed by atoms with van der Waals surface area (Å²) in [5, 5.41) is 2.61. The van der Waals surface area contributed by atoms with E-state index in [4.69, 9.17) is 13.9 Å². The molecule has 3 aliphatic rings. The maximum atomic E-state index is 13.6. The minimum Gasteiger partial charge on any atom is -0.546 e. The normalized spacial score (nSPS) is 30.8.